The van der Waals surface area contributed by atoms with Crippen molar-refractivity contribution in [1.29, 1.82) is 0 Å². The van der Waals surface area contributed by atoms with Gasteiger partial charge >= 0.3 is 0 Å². The normalized spacial score (nSPS) is 20.5. The Kier molecular flexibility index (Phi) is 7.64. The Morgan fingerprint density at radius 3 is 2.29 bits per heavy atom. The van der Waals surface area contributed by atoms with Crippen LogP contribution < -0.4 is 16.6 Å². The number of amides is 3. The highest BCUT2D eigenvalue weighted by molar-refractivity contribution is 5.99. The van der Waals surface area contributed by atoms with Gasteiger partial charge in [0.25, 0.3) is 11.8 Å². The molecule has 0 radical (unpaired) electrons. The van der Waals surface area contributed by atoms with Crippen molar-refractivity contribution in [1.82, 2.24) is 15.6 Å². The monoisotopic (exact) mass is 432 g/mol. The van der Waals surface area contributed by atoms with Crippen molar-refractivity contribution in [2.24, 2.45) is 5.84 Å². The van der Waals surface area contributed by atoms with Gasteiger partial charge in [-0.15, -0.1) is 0 Å². The fraction of sp³-hybridized carbons (Fsp3) is 0.591. The van der Waals surface area contributed by atoms with Crippen molar-refractivity contribution in [3.8, 4) is 0 Å². The molecule has 1 saturated carbocycles. The minimum Gasteiger partial charge on any atom is -0.352 e. The van der Waals surface area contributed by atoms with E-state index < -0.39 is 17.9 Å². The first-order valence-electron chi connectivity index (χ1n) is 10.8. The Labute approximate surface area is 182 Å². The van der Waals surface area contributed by atoms with Crippen molar-refractivity contribution >= 4 is 17.7 Å². The van der Waals surface area contributed by atoms with Gasteiger partial charge in [0.05, 0.1) is 0 Å². The van der Waals surface area contributed by atoms with Gasteiger partial charge in [-0.05, 0) is 37.8 Å². The van der Waals surface area contributed by atoms with Crippen LogP contribution in [0.5, 0.6) is 0 Å². The summed E-state index contributed by atoms with van der Waals surface area (Å²) in [4.78, 5) is 40.3. The zero-order chi connectivity index (χ0) is 22.4. The van der Waals surface area contributed by atoms with Crippen LogP contribution in [-0.2, 0) is 19.1 Å². The summed E-state index contributed by atoms with van der Waals surface area (Å²) in [7, 11) is 3.09. The fourth-order valence-corrected chi connectivity index (χ4v) is 4.62. The summed E-state index contributed by atoms with van der Waals surface area (Å²) >= 11 is 0. The van der Waals surface area contributed by atoms with E-state index >= 15 is 0 Å². The summed E-state index contributed by atoms with van der Waals surface area (Å²) in [6, 6.07) is 6.36. The van der Waals surface area contributed by atoms with E-state index in [1.807, 2.05) is 0 Å². The SMILES string of the molecule is COC(OC)c1ccc(C(=O)N2CCC[C@@H]2C(=O)NC2(C(=O)NN)CCCCC2)cc1. The zero-order valence-corrected chi connectivity index (χ0v) is 18.2. The van der Waals surface area contributed by atoms with E-state index in [2.05, 4.69) is 10.7 Å². The number of hydrogen-bond acceptors (Lipinski definition) is 6. The number of nitrogens with zero attached hydrogens (tertiary/aromatic N) is 1. The van der Waals surface area contributed by atoms with Gasteiger partial charge in [0, 0.05) is 31.9 Å². The highest BCUT2D eigenvalue weighted by Crippen LogP contribution is 2.30. The second-order valence-electron chi connectivity index (χ2n) is 8.19. The van der Waals surface area contributed by atoms with Crippen LogP contribution in [0.1, 0.15) is 67.2 Å². The minimum absolute atomic E-state index is 0.212. The van der Waals surface area contributed by atoms with Crippen molar-refractivity contribution in [2.75, 3.05) is 20.8 Å². The van der Waals surface area contributed by atoms with Crippen LogP contribution in [0.2, 0.25) is 0 Å². The number of carbonyl (C=O) groups is 3. The number of nitrogens with one attached hydrogen (secondary N) is 2. The van der Waals surface area contributed by atoms with Gasteiger partial charge in [-0.3, -0.25) is 19.8 Å². The number of likely N-dealkylation sites (tertiary alicyclic amines) is 1. The maximum absolute atomic E-state index is 13.1. The second-order valence-corrected chi connectivity index (χ2v) is 8.19. The molecule has 0 aromatic heterocycles. The predicted octanol–water partition coefficient (Wildman–Crippen LogP) is 1.39. The topological polar surface area (TPSA) is 123 Å². The molecule has 1 aliphatic heterocycles. The maximum Gasteiger partial charge on any atom is 0.259 e. The molecule has 1 atom stereocenters. The lowest BCUT2D eigenvalue weighted by molar-refractivity contribution is -0.136. The minimum atomic E-state index is -1.00. The maximum atomic E-state index is 13.1. The van der Waals surface area contributed by atoms with Crippen LogP contribution in [0, 0.1) is 0 Å². The lowest BCUT2D eigenvalue weighted by Gasteiger charge is -2.37. The number of hydrogen-bond donors (Lipinski definition) is 3. The van der Waals surface area contributed by atoms with Gasteiger partial charge in [-0.2, -0.15) is 0 Å². The molecular weight excluding hydrogens is 400 g/mol. The largest absolute Gasteiger partial charge is 0.352 e. The summed E-state index contributed by atoms with van der Waals surface area (Å²) in [6.45, 7) is 0.494. The molecule has 9 heteroatoms. The van der Waals surface area contributed by atoms with Crippen molar-refractivity contribution < 1.29 is 23.9 Å². The van der Waals surface area contributed by atoms with E-state index in [1.165, 1.54) is 0 Å². The predicted molar refractivity (Wildman–Crippen MR) is 114 cm³/mol. The quantitative estimate of drug-likeness (QED) is 0.259. The molecule has 0 unspecified atom stereocenters. The average Bonchev–Trinajstić information content (AvgIpc) is 3.30. The van der Waals surface area contributed by atoms with Crippen LogP contribution in [0.3, 0.4) is 0 Å². The van der Waals surface area contributed by atoms with E-state index in [9.17, 15) is 14.4 Å². The number of hydrazine groups is 1. The lowest BCUT2D eigenvalue weighted by atomic mass is 9.80. The molecular formula is C22H32N4O5. The number of nitrogens with two attached hydrogens (primary N) is 1. The van der Waals surface area contributed by atoms with Gasteiger partial charge in [0.2, 0.25) is 5.91 Å². The first-order valence-corrected chi connectivity index (χ1v) is 10.8. The van der Waals surface area contributed by atoms with Crippen LogP contribution in [0.15, 0.2) is 24.3 Å². The third-order valence-electron chi connectivity index (χ3n) is 6.31. The third kappa shape index (κ3) is 4.89. The molecule has 0 bridgehead atoms. The molecule has 0 spiro atoms. The molecule has 4 N–H and O–H groups in total. The molecule has 1 heterocycles. The van der Waals surface area contributed by atoms with Gasteiger partial charge in [-0.1, -0.05) is 31.4 Å². The third-order valence-corrected chi connectivity index (χ3v) is 6.31. The van der Waals surface area contributed by atoms with Gasteiger partial charge in [0.1, 0.15) is 11.6 Å². The Balaban J connectivity index is 1.73. The van der Waals surface area contributed by atoms with Crippen LogP contribution in [0.4, 0.5) is 0 Å². The summed E-state index contributed by atoms with van der Waals surface area (Å²) in [5.41, 5.74) is 2.48. The Morgan fingerprint density at radius 1 is 1.06 bits per heavy atom. The number of rotatable bonds is 7. The summed E-state index contributed by atoms with van der Waals surface area (Å²) < 4.78 is 10.5. The Bertz CT molecular complexity index is 788. The average molecular weight is 433 g/mol. The Morgan fingerprint density at radius 2 is 1.71 bits per heavy atom. The van der Waals surface area contributed by atoms with Crippen molar-refractivity contribution in [2.45, 2.75) is 62.8 Å². The fourth-order valence-electron chi connectivity index (χ4n) is 4.62. The van der Waals surface area contributed by atoms with E-state index in [0.717, 1.165) is 31.2 Å². The second kappa shape index (κ2) is 10.2. The summed E-state index contributed by atoms with van der Waals surface area (Å²) in [5, 5.41) is 2.94. The molecule has 2 fully saturated rings. The molecule has 3 rings (SSSR count). The van der Waals surface area contributed by atoms with Crippen LogP contribution >= 0.6 is 0 Å². The van der Waals surface area contributed by atoms with Crippen LogP contribution in [-0.4, -0.2) is 55.0 Å². The molecule has 1 aromatic rings. The number of benzene rings is 1. The van der Waals surface area contributed by atoms with Gasteiger partial charge in [0.15, 0.2) is 6.29 Å². The van der Waals surface area contributed by atoms with E-state index in [1.54, 1.807) is 43.4 Å². The van der Waals surface area contributed by atoms with E-state index in [-0.39, 0.29) is 17.7 Å². The van der Waals surface area contributed by atoms with E-state index in [4.69, 9.17) is 15.3 Å². The first-order chi connectivity index (χ1) is 15.0. The molecule has 1 aromatic carbocycles. The zero-order valence-electron chi connectivity index (χ0n) is 18.2. The van der Waals surface area contributed by atoms with E-state index in [0.29, 0.717) is 31.4 Å². The number of ether oxygens (including phenoxy) is 2. The molecule has 31 heavy (non-hydrogen) atoms. The van der Waals surface area contributed by atoms with Crippen molar-refractivity contribution in [3.63, 3.8) is 0 Å². The first kappa shape index (κ1) is 23.2. The molecule has 2 aliphatic rings. The smallest absolute Gasteiger partial charge is 0.259 e. The lowest BCUT2D eigenvalue weighted by Crippen LogP contribution is -2.63. The standard InChI is InChI=1S/C22H32N4O5/c1-30-20(31-2)16-10-8-15(9-11-16)19(28)26-14-6-7-17(26)18(27)24-22(21(29)25-23)12-4-3-5-13-22/h8-11,17,20H,3-7,12-14,23H2,1-2H3,(H,24,27)(H,25,29)/t17-/m1/s1. The Hall–Kier alpha value is -2.49. The summed E-state index contributed by atoms with van der Waals surface area (Å²) in [5.74, 6) is 4.50. The molecule has 1 aliphatic carbocycles. The summed E-state index contributed by atoms with van der Waals surface area (Å²) in [6.07, 6.45) is 4.59. The molecule has 1 saturated heterocycles. The van der Waals surface area contributed by atoms with Crippen LogP contribution in [0.25, 0.3) is 0 Å². The molecule has 170 valence electrons. The number of carbonyl (C=O) groups excluding carboxylic acids is 3. The van der Waals surface area contributed by atoms with Gasteiger partial charge < -0.3 is 19.7 Å². The number of methoxy groups -OCH3 is 2. The van der Waals surface area contributed by atoms with Gasteiger partial charge in [-0.25, -0.2) is 5.84 Å². The van der Waals surface area contributed by atoms with Crippen molar-refractivity contribution in [3.05, 3.63) is 35.4 Å². The highest BCUT2D eigenvalue weighted by atomic mass is 16.7. The molecule has 3 amide bonds. The molecule has 9 nitrogen and oxygen atoms in total. The highest BCUT2D eigenvalue weighted by Gasteiger charge is 2.44.